The van der Waals surface area contributed by atoms with Gasteiger partial charge in [-0.2, -0.15) is 0 Å². The molecule has 0 aliphatic carbocycles. The molecule has 0 spiro atoms. The van der Waals surface area contributed by atoms with E-state index in [0.29, 0.717) is 22.9 Å². The summed E-state index contributed by atoms with van der Waals surface area (Å²) in [5.74, 6) is 0.299. The van der Waals surface area contributed by atoms with Crippen LogP contribution in [0.4, 0.5) is 8.63 Å². The zero-order valence-corrected chi connectivity index (χ0v) is 18.7. The molecule has 0 radical (unpaired) electrons. The van der Waals surface area contributed by atoms with Crippen LogP contribution in [0.5, 0.6) is 0 Å². The lowest BCUT2D eigenvalue weighted by Gasteiger charge is -2.18. The van der Waals surface area contributed by atoms with Crippen LogP contribution in [0, 0.1) is 7.14 Å². The number of fused-ring (bicyclic) bond motifs is 3. The van der Waals surface area contributed by atoms with Gasteiger partial charge in [0.05, 0.1) is 5.69 Å². The number of rotatable bonds is 2. The predicted molar refractivity (Wildman–Crippen MR) is 123 cm³/mol. The van der Waals surface area contributed by atoms with Gasteiger partial charge < -0.3 is 17.6 Å². The lowest BCUT2D eigenvalue weighted by Crippen LogP contribution is -2.60. The van der Waals surface area contributed by atoms with Crippen molar-refractivity contribution in [2.75, 3.05) is 0 Å². The number of benzene rings is 2. The maximum atomic E-state index is 15.5. The van der Waals surface area contributed by atoms with Crippen molar-refractivity contribution in [2.45, 2.75) is 0 Å². The number of pyridine rings is 1. The highest BCUT2D eigenvalue weighted by atomic mass is 127. The Kier molecular flexibility index (Phi) is 4.31. The summed E-state index contributed by atoms with van der Waals surface area (Å²) in [6.45, 7) is -4.02. The van der Waals surface area contributed by atoms with E-state index >= 15 is 8.63 Å². The van der Waals surface area contributed by atoms with E-state index in [1.807, 2.05) is 48.5 Å². The molecule has 0 bridgehead atoms. The van der Waals surface area contributed by atoms with Gasteiger partial charge in [-0.1, -0.05) is 24.3 Å². The summed E-state index contributed by atoms with van der Waals surface area (Å²) < 4.78 is 35.3. The minimum absolute atomic E-state index is 0.299. The standard InChI is InChI=1S/C20H12BF2I2N3/c22-21(23)27-12-2-1-3-17(27)20-26-18(13-4-8-15(24)9-5-13)19(28(20)21)14-6-10-16(25)11-7-14/h1-12H. The topological polar surface area (TPSA) is 21.7 Å². The van der Waals surface area contributed by atoms with Gasteiger partial charge in [-0.15, -0.1) is 0 Å². The Hall–Kier alpha value is -1.82. The number of hydrogen-bond donors (Lipinski definition) is 0. The molecule has 0 amide bonds. The minimum atomic E-state index is -4.02. The van der Waals surface area contributed by atoms with Gasteiger partial charge >= 0.3 is 6.97 Å². The minimum Gasteiger partial charge on any atom is -0.389 e. The Labute approximate surface area is 187 Å². The van der Waals surface area contributed by atoms with E-state index in [0.717, 1.165) is 27.2 Å². The molecule has 0 atom stereocenters. The largest absolute Gasteiger partial charge is 0.738 e. The van der Waals surface area contributed by atoms with Crippen LogP contribution < -0.4 is 4.48 Å². The molecule has 28 heavy (non-hydrogen) atoms. The van der Waals surface area contributed by atoms with E-state index in [1.54, 1.807) is 18.2 Å². The average Bonchev–Trinajstić information content (AvgIpc) is 3.19. The normalized spacial score (nSPS) is 14.0. The van der Waals surface area contributed by atoms with Crippen molar-refractivity contribution in [3.8, 4) is 34.0 Å². The fourth-order valence-electron chi connectivity index (χ4n) is 3.65. The Balaban J connectivity index is 1.85. The quantitative estimate of drug-likeness (QED) is 0.222. The Bertz CT molecular complexity index is 1210. The van der Waals surface area contributed by atoms with Crippen LogP contribution >= 0.6 is 45.2 Å². The maximum absolute atomic E-state index is 15.5. The van der Waals surface area contributed by atoms with Crippen molar-refractivity contribution in [3.63, 3.8) is 0 Å². The number of hydrogen-bond acceptors (Lipinski definition) is 1. The fraction of sp³-hybridized carbons (Fsp3) is 0. The van der Waals surface area contributed by atoms with E-state index < -0.39 is 6.97 Å². The second kappa shape index (κ2) is 6.62. The Morgan fingerprint density at radius 2 is 1.43 bits per heavy atom. The lowest BCUT2D eigenvalue weighted by atomic mass is 9.95. The van der Waals surface area contributed by atoms with Crippen molar-refractivity contribution in [3.05, 3.63) is 80.1 Å². The summed E-state index contributed by atoms with van der Waals surface area (Å²) >= 11 is 4.44. The zero-order chi connectivity index (χ0) is 19.5. The van der Waals surface area contributed by atoms with Gasteiger partial charge in [-0.25, -0.2) is 4.98 Å². The molecule has 0 saturated heterocycles. The molecule has 1 aliphatic rings. The molecule has 0 saturated carbocycles. The summed E-state index contributed by atoms with van der Waals surface area (Å²) in [4.78, 5) is 4.70. The molecule has 2 aromatic heterocycles. The number of halogens is 4. The average molecular weight is 597 g/mol. The molecule has 3 nitrogen and oxygen atoms in total. The van der Waals surface area contributed by atoms with Gasteiger partial charge in [0, 0.05) is 24.5 Å². The first kappa shape index (κ1) is 18.2. The molecule has 4 aromatic rings. The lowest BCUT2D eigenvalue weighted by molar-refractivity contribution is -0.551. The SMILES string of the molecule is F[B-]1(F)n2c(nc(-c3ccc(I)cc3)c2-c2ccc(I)cc2)-c2cccc[n+]21. The molecular weight excluding hydrogens is 585 g/mol. The van der Waals surface area contributed by atoms with Crippen LogP contribution in [0.2, 0.25) is 0 Å². The van der Waals surface area contributed by atoms with Gasteiger partial charge in [0.25, 0.3) is 0 Å². The third-order valence-electron chi connectivity index (χ3n) is 4.91. The molecule has 138 valence electrons. The number of nitrogens with zero attached hydrogens (tertiary/aromatic N) is 3. The van der Waals surface area contributed by atoms with E-state index in [2.05, 4.69) is 45.2 Å². The Morgan fingerprint density at radius 3 is 2.07 bits per heavy atom. The Morgan fingerprint density at radius 1 is 0.821 bits per heavy atom. The highest BCUT2D eigenvalue weighted by molar-refractivity contribution is 14.1. The van der Waals surface area contributed by atoms with Crippen LogP contribution in [0.3, 0.4) is 0 Å². The van der Waals surface area contributed by atoms with E-state index in [-0.39, 0.29) is 0 Å². The summed E-state index contributed by atoms with van der Waals surface area (Å²) in [7, 11) is 0. The summed E-state index contributed by atoms with van der Waals surface area (Å²) in [6.07, 6.45) is 1.42. The molecule has 2 aromatic carbocycles. The second-order valence-electron chi connectivity index (χ2n) is 6.60. The van der Waals surface area contributed by atoms with Gasteiger partial charge in [0.2, 0.25) is 0 Å². The van der Waals surface area contributed by atoms with Gasteiger partial charge in [0.15, 0.2) is 11.5 Å². The molecule has 0 N–H and O–H groups in total. The first-order chi connectivity index (χ1) is 13.5. The van der Waals surface area contributed by atoms with Crippen LogP contribution in [-0.2, 0) is 0 Å². The van der Waals surface area contributed by atoms with Gasteiger partial charge in [-0.05, 0) is 87.1 Å². The molecule has 3 heterocycles. The maximum Gasteiger partial charge on any atom is 0.738 e. The molecule has 1 aliphatic heterocycles. The van der Waals surface area contributed by atoms with E-state index in [4.69, 9.17) is 4.98 Å². The molecule has 8 heteroatoms. The predicted octanol–water partition coefficient (Wildman–Crippen LogP) is 5.47. The highest BCUT2D eigenvalue weighted by Gasteiger charge is 2.54. The third-order valence-corrected chi connectivity index (χ3v) is 6.35. The fourth-order valence-corrected chi connectivity index (χ4v) is 4.37. The zero-order valence-electron chi connectivity index (χ0n) is 14.4. The smallest absolute Gasteiger partial charge is 0.389 e. The summed E-state index contributed by atoms with van der Waals surface area (Å²) in [6, 6.07) is 20.5. The molecule has 0 unspecified atom stereocenters. The van der Waals surface area contributed by atoms with E-state index in [1.165, 1.54) is 6.20 Å². The monoisotopic (exact) mass is 597 g/mol. The first-order valence-corrected chi connectivity index (χ1v) is 10.8. The summed E-state index contributed by atoms with van der Waals surface area (Å²) in [5, 5.41) is 0. The number of imidazole rings is 1. The molecular formula is C20H12BF2I2N3. The van der Waals surface area contributed by atoms with Crippen molar-refractivity contribution < 1.29 is 13.1 Å². The van der Waals surface area contributed by atoms with E-state index in [9.17, 15) is 0 Å². The second-order valence-corrected chi connectivity index (χ2v) is 9.09. The van der Waals surface area contributed by atoms with Gasteiger partial charge in [-0.3, -0.25) is 0 Å². The van der Waals surface area contributed by atoms with Crippen LogP contribution in [0.25, 0.3) is 34.0 Å². The molecule has 5 rings (SSSR count). The van der Waals surface area contributed by atoms with Gasteiger partial charge in [0.1, 0.15) is 6.20 Å². The third kappa shape index (κ3) is 2.72. The van der Waals surface area contributed by atoms with Crippen LogP contribution in [0.15, 0.2) is 72.9 Å². The molecule has 0 fully saturated rings. The van der Waals surface area contributed by atoms with Crippen LogP contribution in [-0.4, -0.2) is 16.4 Å². The number of aromatic nitrogens is 3. The van der Waals surface area contributed by atoms with Crippen molar-refractivity contribution >= 4 is 52.2 Å². The first-order valence-electron chi connectivity index (χ1n) is 8.64. The van der Waals surface area contributed by atoms with Crippen molar-refractivity contribution in [1.29, 1.82) is 0 Å². The highest BCUT2D eigenvalue weighted by Crippen LogP contribution is 2.40. The van der Waals surface area contributed by atoms with Crippen LogP contribution in [0.1, 0.15) is 0 Å². The van der Waals surface area contributed by atoms with Crippen molar-refractivity contribution in [1.82, 2.24) is 9.46 Å². The van der Waals surface area contributed by atoms with Crippen molar-refractivity contribution in [2.24, 2.45) is 0 Å². The summed E-state index contributed by atoms with van der Waals surface area (Å²) in [5.41, 5.74) is 2.99.